The molecule has 4 nitrogen and oxygen atoms in total. The molecule has 2 rings (SSSR count). The van der Waals surface area contributed by atoms with Crippen LogP contribution in [-0.2, 0) is 4.79 Å². The minimum atomic E-state index is -0.549. The van der Waals surface area contributed by atoms with E-state index in [1.807, 2.05) is 0 Å². The Morgan fingerprint density at radius 3 is 1.86 bits per heavy atom. The fourth-order valence-electron chi connectivity index (χ4n) is 2.01. The van der Waals surface area contributed by atoms with Crippen molar-refractivity contribution < 1.29 is 14.0 Å². The van der Waals surface area contributed by atoms with Crippen LogP contribution < -0.4 is 9.80 Å². The van der Waals surface area contributed by atoms with Crippen LogP contribution in [0, 0.1) is 5.82 Å². The van der Waals surface area contributed by atoms with Crippen molar-refractivity contribution in [1.29, 1.82) is 0 Å². The highest BCUT2D eigenvalue weighted by molar-refractivity contribution is 6.06. The largest absolute Gasteiger partial charge is 0.316 e. The molecule has 0 heterocycles. The van der Waals surface area contributed by atoms with E-state index in [0.29, 0.717) is 5.69 Å². The third kappa shape index (κ3) is 3.14. The molecule has 22 heavy (non-hydrogen) atoms. The number of rotatable bonds is 3. The lowest BCUT2D eigenvalue weighted by atomic mass is 10.1. The maximum absolute atomic E-state index is 13.7. The molecule has 2 amide bonds. The lowest BCUT2D eigenvalue weighted by molar-refractivity contribution is -0.116. The SMILES string of the molecule is CC(=O)N(C)c1ccc(N(C)C(=O)c2ccccc2F)cc1. The van der Waals surface area contributed by atoms with Gasteiger partial charge in [-0.1, -0.05) is 12.1 Å². The average Bonchev–Trinajstić information content (AvgIpc) is 2.53. The van der Waals surface area contributed by atoms with E-state index in [1.54, 1.807) is 50.5 Å². The quantitative estimate of drug-likeness (QED) is 0.874. The highest BCUT2D eigenvalue weighted by Gasteiger charge is 2.17. The van der Waals surface area contributed by atoms with E-state index in [2.05, 4.69) is 0 Å². The van der Waals surface area contributed by atoms with Gasteiger partial charge >= 0.3 is 0 Å². The molecule has 114 valence electrons. The summed E-state index contributed by atoms with van der Waals surface area (Å²) in [4.78, 5) is 26.5. The van der Waals surface area contributed by atoms with Gasteiger partial charge < -0.3 is 9.80 Å². The highest BCUT2D eigenvalue weighted by Crippen LogP contribution is 2.21. The number of hydrogen-bond donors (Lipinski definition) is 0. The number of anilines is 2. The molecule has 0 unspecified atom stereocenters. The Balaban J connectivity index is 2.23. The van der Waals surface area contributed by atoms with E-state index in [0.717, 1.165) is 5.69 Å². The molecule has 0 saturated heterocycles. The number of hydrogen-bond acceptors (Lipinski definition) is 2. The van der Waals surface area contributed by atoms with Gasteiger partial charge in [-0.3, -0.25) is 9.59 Å². The molecule has 0 spiro atoms. The maximum Gasteiger partial charge on any atom is 0.260 e. The molecule has 0 bridgehead atoms. The monoisotopic (exact) mass is 300 g/mol. The molecular formula is C17H17FN2O2. The molecule has 0 aliphatic rings. The molecule has 0 N–H and O–H groups in total. The normalized spacial score (nSPS) is 10.2. The predicted octanol–water partition coefficient (Wildman–Crippen LogP) is 3.09. The fourth-order valence-corrected chi connectivity index (χ4v) is 2.01. The van der Waals surface area contributed by atoms with Crippen molar-refractivity contribution in [1.82, 2.24) is 0 Å². The number of amides is 2. The van der Waals surface area contributed by atoms with Gasteiger partial charge in [0.1, 0.15) is 5.82 Å². The minimum absolute atomic E-state index is 0.0231. The standard InChI is InChI=1S/C17H17FN2O2/c1-12(21)19(2)13-8-10-14(11-9-13)20(3)17(22)15-6-4-5-7-16(15)18/h4-11H,1-3H3. The van der Waals surface area contributed by atoms with Crippen LogP contribution in [0.25, 0.3) is 0 Å². The van der Waals surface area contributed by atoms with Crippen molar-refractivity contribution in [3.05, 3.63) is 59.9 Å². The average molecular weight is 300 g/mol. The first kappa shape index (κ1) is 15.7. The van der Waals surface area contributed by atoms with Crippen molar-refractivity contribution in [3.63, 3.8) is 0 Å². The zero-order valence-corrected chi connectivity index (χ0v) is 12.7. The van der Waals surface area contributed by atoms with Crippen LogP contribution in [0.1, 0.15) is 17.3 Å². The van der Waals surface area contributed by atoms with Crippen LogP contribution >= 0.6 is 0 Å². The number of nitrogens with zero attached hydrogens (tertiary/aromatic N) is 2. The molecule has 0 radical (unpaired) electrons. The molecular weight excluding hydrogens is 283 g/mol. The lowest BCUT2D eigenvalue weighted by Crippen LogP contribution is -2.27. The smallest absolute Gasteiger partial charge is 0.260 e. The third-order valence-corrected chi connectivity index (χ3v) is 3.51. The molecule has 2 aromatic rings. The van der Waals surface area contributed by atoms with E-state index >= 15 is 0 Å². The van der Waals surface area contributed by atoms with Crippen LogP contribution in [0.15, 0.2) is 48.5 Å². The van der Waals surface area contributed by atoms with E-state index in [9.17, 15) is 14.0 Å². The second-order valence-electron chi connectivity index (χ2n) is 4.94. The molecule has 0 aliphatic carbocycles. The molecule has 0 aromatic heterocycles. The predicted molar refractivity (Wildman–Crippen MR) is 84.7 cm³/mol. The Hall–Kier alpha value is -2.69. The van der Waals surface area contributed by atoms with Gasteiger partial charge in [0.15, 0.2) is 0 Å². The van der Waals surface area contributed by atoms with Crippen molar-refractivity contribution in [3.8, 4) is 0 Å². The topological polar surface area (TPSA) is 40.6 Å². The van der Waals surface area contributed by atoms with Gasteiger partial charge in [0, 0.05) is 32.4 Å². The summed E-state index contributed by atoms with van der Waals surface area (Å²) in [6.45, 7) is 1.47. The van der Waals surface area contributed by atoms with Gasteiger partial charge in [0.25, 0.3) is 5.91 Å². The van der Waals surface area contributed by atoms with Crippen LogP contribution in [0.2, 0.25) is 0 Å². The van der Waals surface area contributed by atoms with Crippen molar-refractivity contribution in [2.75, 3.05) is 23.9 Å². The summed E-state index contributed by atoms with van der Waals surface area (Å²) in [5.74, 6) is -1.05. The van der Waals surface area contributed by atoms with Gasteiger partial charge in [-0.2, -0.15) is 0 Å². The Morgan fingerprint density at radius 2 is 1.36 bits per heavy atom. The molecule has 0 atom stereocenters. The zero-order chi connectivity index (χ0) is 16.3. The summed E-state index contributed by atoms with van der Waals surface area (Å²) in [6.07, 6.45) is 0. The second kappa shape index (κ2) is 6.39. The number of halogens is 1. The van der Waals surface area contributed by atoms with Crippen LogP contribution in [-0.4, -0.2) is 25.9 Å². The van der Waals surface area contributed by atoms with Crippen LogP contribution in [0.4, 0.5) is 15.8 Å². The lowest BCUT2D eigenvalue weighted by Gasteiger charge is -2.20. The van der Waals surface area contributed by atoms with Crippen molar-refractivity contribution >= 4 is 23.2 Å². The van der Waals surface area contributed by atoms with Crippen molar-refractivity contribution in [2.45, 2.75) is 6.92 Å². The summed E-state index contributed by atoms with van der Waals surface area (Å²) in [6, 6.07) is 12.8. The summed E-state index contributed by atoms with van der Waals surface area (Å²) >= 11 is 0. The van der Waals surface area contributed by atoms with Gasteiger partial charge in [0.2, 0.25) is 5.91 Å². The Labute approximate surface area is 128 Å². The Morgan fingerprint density at radius 1 is 0.864 bits per heavy atom. The van der Waals surface area contributed by atoms with Crippen LogP contribution in [0.3, 0.4) is 0 Å². The Kier molecular flexibility index (Phi) is 4.56. The first-order valence-electron chi connectivity index (χ1n) is 6.78. The van der Waals surface area contributed by atoms with E-state index in [-0.39, 0.29) is 11.5 Å². The molecule has 0 aliphatic heterocycles. The number of carbonyl (C=O) groups is 2. The molecule has 0 saturated carbocycles. The maximum atomic E-state index is 13.7. The summed E-state index contributed by atoms with van der Waals surface area (Å²) in [5.41, 5.74) is 1.37. The van der Waals surface area contributed by atoms with Gasteiger partial charge in [-0.15, -0.1) is 0 Å². The number of benzene rings is 2. The summed E-state index contributed by atoms with van der Waals surface area (Å²) in [7, 11) is 3.25. The molecule has 0 fully saturated rings. The van der Waals surface area contributed by atoms with Gasteiger partial charge in [-0.25, -0.2) is 4.39 Å². The van der Waals surface area contributed by atoms with E-state index in [4.69, 9.17) is 0 Å². The zero-order valence-electron chi connectivity index (χ0n) is 12.7. The van der Waals surface area contributed by atoms with Crippen molar-refractivity contribution in [2.24, 2.45) is 0 Å². The van der Waals surface area contributed by atoms with Crippen LogP contribution in [0.5, 0.6) is 0 Å². The third-order valence-electron chi connectivity index (χ3n) is 3.51. The van der Waals surface area contributed by atoms with E-state index in [1.165, 1.54) is 28.9 Å². The first-order chi connectivity index (χ1) is 10.4. The van der Waals surface area contributed by atoms with Gasteiger partial charge in [-0.05, 0) is 36.4 Å². The minimum Gasteiger partial charge on any atom is -0.316 e. The van der Waals surface area contributed by atoms with E-state index < -0.39 is 11.7 Å². The molecule has 2 aromatic carbocycles. The first-order valence-corrected chi connectivity index (χ1v) is 6.78. The summed E-state index contributed by atoms with van der Waals surface area (Å²) < 4.78 is 13.7. The number of carbonyl (C=O) groups excluding carboxylic acids is 2. The van der Waals surface area contributed by atoms with Gasteiger partial charge in [0.05, 0.1) is 5.56 Å². The fraction of sp³-hybridized carbons (Fsp3) is 0.176. The second-order valence-corrected chi connectivity index (χ2v) is 4.94. The highest BCUT2D eigenvalue weighted by atomic mass is 19.1. The Bertz CT molecular complexity index is 698. The summed E-state index contributed by atoms with van der Waals surface area (Å²) in [5, 5.41) is 0. The molecule has 5 heteroatoms.